The first-order chi connectivity index (χ1) is 7.36. The fourth-order valence-corrected chi connectivity index (χ4v) is 2.53. The molecule has 2 heteroatoms. The van der Waals surface area contributed by atoms with Crippen LogP contribution in [0.15, 0.2) is 0 Å². The largest absolute Gasteiger partial charge is 0.314 e. The van der Waals surface area contributed by atoms with Crippen LogP contribution >= 0.6 is 0 Å². The van der Waals surface area contributed by atoms with Crippen molar-refractivity contribution in [3.05, 3.63) is 0 Å². The minimum Gasteiger partial charge on any atom is -0.314 e. The Morgan fingerprint density at radius 1 is 1.44 bits per heavy atom. The Kier molecular flexibility index (Phi) is 4.81. The Morgan fingerprint density at radius 2 is 2.00 bits per heavy atom. The van der Waals surface area contributed by atoms with Crippen molar-refractivity contribution in [1.82, 2.24) is 10.2 Å². The summed E-state index contributed by atoms with van der Waals surface area (Å²) in [7, 11) is 2.27. The molecule has 0 heterocycles. The van der Waals surface area contributed by atoms with E-state index in [1.54, 1.807) is 0 Å². The summed E-state index contributed by atoms with van der Waals surface area (Å²) >= 11 is 0. The molecule has 0 amide bonds. The number of hydrogen-bond acceptors (Lipinski definition) is 2. The lowest BCUT2D eigenvalue weighted by molar-refractivity contribution is 0.160. The van der Waals surface area contributed by atoms with Gasteiger partial charge in [0.15, 0.2) is 0 Å². The first-order valence-electron chi connectivity index (χ1n) is 6.78. The second-order valence-corrected chi connectivity index (χ2v) is 6.44. The van der Waals surface area contributed by atoms with Gasteiger partial charge in [0.1, 0.15) is 0 Å². The van der Waals surface area contributed by atoms with Gasteiger partial charge in [0.25, 0.3) is 0 Å². The van der Waals surface area contributed by atoms with Crippen molar-refractivity contribution < 1.29 is 0 Å². The third-order valence-corrected chi connectivity index (χ3v) is 4.18. The molecule has 1 fully saturated rings. The summed E-state index contributed by atoms with van der Waals surface area (Å²) in [4.78, 5) is 2.52. The van der Waals surface area contributed by atoms with E-state index in [-0.39, 0.29) is 0 Å². The molecular weight excluding hydrogens is 196 g/mol. The lowest BCUT2D eigenvalue weighted by Gasteiger charge is -2.36. The van der Waals surface area contributed by atoms with Gasteiger partial charge in [0, 0.05) is 19.1 Å². The van der Waals surface area contributed by atoms with Crippen LogP contribution in [0.2, 0.25) is 0 Å². The highest BCUT2D eigenvalue weighted by Crippen LogP contribution is 2.38. The minimum atomic E-state index is 0.350. The lowest BCUT2D eigenvalue weighted by atomic mass is 9.84. The third kappa shape index (κ3) is 4.06. The van der Waals surface area contributed by atoms with Crippen molar-refractivity contribution in [2.75, 3.05) is 26.7 Å². The normalized spacial score (nSPS) is 27.2. The standard InChI is InChI=1S/C14H30N2/c1-7-15-12(3)14(4,5)10-16(6)9-13-8-11(13)2/h11-13,15H,7-10H2,1-6H3. The molecule has 96 valence electrons. The van der Waals surface area contributed by atoms with Gasteiger partial charge in [0.05, 0.1) is 0 Å². The number of hydrogen-bond donors (Lipinski definition) is 1. The van der Waals surface area contributed by atoms with E-state index >= 15 is 0 Å². The second-order valence-electron chi connectivity index (χ2n) is 6.44. The molecular formula is C14H30N2. The molecule has 1 saturated carbocycles. The van der Waals surface area contributed by atoms with E-state index < -0.39 is 0 Å². The molecule has 0 radical (unpaired) electrons. The van der Waals surface area contributed by atoms with Gasteiger partial charge in [-0.05, 0) is 44.2 Å². The van der Waals surface area contributed by atoms with Crippen molar-refractivity contribution in [2.24, 2.45) is 17.3 Å². The zero-order valence-electron chi connectivity index (χ0n) is 12.0. The minimum absolute atomic E-state index is 0.350. The fraction of sp³-hybridized carbons (Fsp3) is 1.00. The Bertz CT molecular complexity index is 213. The van der Waals surface area contributed by atoms with E-state index in [4.69, 9.17) is 0 Å². The summed E-state index contributed by atoms with van der Waals surface area (Å²) < 4.78 is 0. The molecule has 1 aliphatic rings. The van der Waals surface area contributed by atoms with Crippen molar-refractivity contribution in [2.45, 2.75) is 47.1 Å². The molecule has 3 unspecified atom stereocenters. The van der Waals surface area contributed by atoms with E-state index in [0.717, 1.165) is 18.4 Å². The first kappa shape index (κ1) is 14.0. The van der Waals surface area contributed by atoms with Gasteiger partial charge in [0.2, 0.25) is 0 Å². The van der Waals surface area contributed by atoms with Crippen molar-refractivity contribution in [1.29, 1.82) is 0 Å². The van der Waals surface area contributed by atoms with Crippen LogP contribution in [-0.2, 0) is 0 Å². The lowest BCUT2D eigenvalue weighted by Crippen LogP contribution is -2.46. The average Bonchev–Trinajstić information content (AvgIpc) is 2.80. The smallest absolute Gasteiger partial charge is 0.0102 e. The SMILES string of the molecule is CCNC(C)C(C)(C)CN(C)CC1CC1C. The Labute approximate surface area is 102 Å². The van der Waals surface area contributed by atoms with Crippen LogP contribution in [0.4, 0.5) is 0 Å². The van der Waals surface area contributed by atoms with Crippen molar-refractivity contribution in [3.63, 3.8) is 0 Å². The van der Waals surface area contributed by atoms with Gasteiger partial charge in [-0.3, -0.25) is 0 Å². The molecule has 0 saturated heterocycles. The summed E-state index contributed by atoms with van der Waals surface area (Å²) in [5.41, 5.74) is 0.350. The second kappa shape index (κ2) is 5.50. The van der Waals surface area contributed by atoms with Gasteiger partial charge in [-0.25, -0.2) is 0 Å². The van der Waals surface area contributed by atoms with Gasteiger partial charge in [-0.1, -0.05) is 27.7 Å². The Balaban J connectivity index is 2.32. The molecule has 2 nitrogen and oxygen atoms in total. The van der Waals surface area contributed by atoms with Crippen LogP contribution in [0.1, 0.15) is 41.0 Å². The molecule has 0 spiro atoms. The molecule has 0 aliphatic heterocycles. The van der Waals surface area contributed by atoms with Crippen molar-refractivity contribution in [3.8, 4) is 0 Å². The zero-order valence-corrected chi connectivity index (χ0v) is 12.0. The van der Waals surface area contributed by atoms with E-state index in [0.29, 0.717) is 11.5 Å². The monoisotopic (exact) mass is 226 g/mol. The molecule has 0 aromatic carbocycles. The van der Waals surface area contributed by atoms with Gasteiger partial charge in [-0.2, -0.15) is 0 Å². The summed E-state index contributed by atoms with van der Waals surface area (Å²) in [6.45, 7) is 15.1. The highest BCUT2D eigenvalue weighted by Gasteiger charge is 2.34. The van der Waals surface area contributed by atoms with Crippen molar-refractivity contribution >= 4 is 0 Å². The van der Waals surface area contributed by atoms with Crippen LogP contribution in [0.3, 0.4) is 0 Å². The van der Waals surface area contributed by atoms with Crippen LogP contribution in [-0.4, -0.2) is 37.6 Å². The molecule has 16 heavy (non-hydrogen) atoms. The quantitative estimate of drug-likeness (QED) is 0.718. The fourth-order valence-electron chi connectivity index (χ4n) is 2.53. The number of nitrogens with one attached hydrogen (secondary N) is 1. The summed E-state index contributed by atoms with van der Waals surface area (Å²) in [6, 6.07) is 0.580. The van der Waals surface area contributed by atoms with Crippen LogP contribution in [0.25, 0.3) is 0 Å². The first-order valence-corrected chi connectivity index (χ1v) is 6.78. The Hall–Kier alpha value is -0.0800. The maximum Gasteiger partial charge on any atom is 0.0102 e. The molecule has 0 aromatic rings. The van der Waals surface area contributed by atoms with E-state index in [1.807, 2.05) is 0 Å². The topological polar surface area (TPSA) is 15.3 Å². The molecule has 3 atom stereocenters. The molecule has 0 bridgehead atoms. The summed E-state index contributed by atoms with van der Waals surface area (Å²) in [5.74, 6) is 1.94. The maximum absolute atomic E-state index is 3.54. The van der Waals surface area contributed by atoms with Gasteiger partial charge in [-0.15, -0.1) is 0 Å². The molecule has 1 rings (SSSR count). The summed E-state index contributed by atoms with van der Waals surface area (Å²) in [6.07, 6.45) is 1.44. The van der Waals surface area contributed by atoms with Gasteiger partial charge < -0.3 is 10.2 Å². The average molecular weight is 226 g/mol. The third-order valence-electron chi connectivity index (χ3n) is 4.18. The highest BCUT2D eigenvalue weighted by atomic mass is 15.1. The summed E-state index contributed by atoms with van der Waals surface area (Å²) in [5, 5.41) is 3.54. The maximum atomic E-state index is 3.54. The van der Waals surface area contributed by atoms with E-state index in [1.165, 1.54) is 19.5 Å². The molecule has 0 aromatic heterocycles. The van der Waals surface area contributed by atoms with E-state index in [2.05, 4.69) is 51.9 Å². The molecule has 1 aliphatic carbocycles. The van der Waals surface area contributed by atoms with Crippen LogP contribution < -0.4 is 5.32 Å². The highest BCUT2D eigenvalue weighted by molar-refractivity contribution is 4.87. The number of rotatable bonds is 7. The number of nitrogens with zero attached hydrogens (tertiary/aromatic N) is 1. The van der Waals surface area contributed by atoms with Crippen LogP contribution in [0, 0.1) is 17.3 Å². The predicted octanol–water partition coefficient (Wildman–Crippen LogP) is 2.60. The van der Waals surface area contributed by atoms with Crippen LogP contribution in [0.5, 0.6) is 0 Å². The molecule has 1 N–H and O–H groups in total. The Morgan fingerprint density at radius 3 is 2.44 bits per heavy atom. The zero-order chi connectivity index (χ0) is 12.3. The predicted molar refractivity (Wildman–Crippen MR) is 71.7 cm³/mol. The van der Waals surface area contributed by atoms with E-state index in [9.17, 15) is 0 Å². The van der Waals surface area contributed by atoms with Gasteiger partial charge >= 0.3 is 0 Å².